The minimum atomic E-state index is -0.605. The van der Waals surface area contributed by atoms with Crippen LogP contribution in [0, 0.1) is 10.1 Å². The molecule has 0 aromatic heterocycles. The number of ether oxygens (including phenoxy) is 1. The van der Waals surface area contributed by atoms with E-state index in [4.69, 9.17) is 4.74 Å². The molecule has 0 aliphatic carbocycles. The Hall–Kier alpha value is -3.22. The van der Waals surface area contributed by atoms with Crippen molar-refractivity contribution in [3.8, 4) is 5.75 Å². The van der Waals surface area contributed by atoms with Gasteiger partial charge >= 0.3 is 0 Å². The van der Waals surface area contributed by atoms with E-state index in [0.29, 0.717) is 31.4 Å². The van der Waals surface area contributed by atoms with Crippen LogP contribution in [0.1, 0.15) is 54.9 Å². The lowest BCUT2D eigenvalue weighted by molar-refractivity contribution is -0.385. The Morgan fingerprint density at radius 1 is 1.13 bits per heavy atom. The Balaban J connectivity index is 1.87. The van der Waals surface area contributed by atoms with E-state index in [-0.39, 0.29) is 23.8 Å². The molecule has 0 spiro atoms. The second kappa shape index (κ2) is 12.4. The first-order chi connectivity index (χ1) is 14.5. The summed E-state index contributed by atoms with van der Waals surface area (Å²) in [6, 6.07) is 14.0. The van der Waals surface area contributed by atoms with Gasteiger partial charge in [-0.2, -0.15) is 0 Å². The number of nitrogens with zero attached hydrogens (tertiary/aromatic N) is 2. The third-order valence-corrected chi connectivity index (χ3v) is 4.73. The fraction of sp³-hybridized carbons (Fsp3) is 0.391. The zero-order valence-corrected chi connectivity index (χ0v) is 17.3. The molecule has 0 bridgehead atoms. The van der Waals surface area contributed by atoms with E-state index in [1.165, 1.54) is 18.2 Å². The summed E-state index contributed by atoms with van der Waals surface area (Å²) in [5.41, 5.74) is 0.820. The molecule has 2 aromatic rings. The normalized spacial score (nSPS) is 10.4. The van der Waals surface area contributed by atoms with Crippen LogP contribution in [0.2, 0.25) is 0 Å². The molecule has 0 saturated carbocycles. The van der Waals surface area contributed by atoms with Crippen LogP contribution in [0.3, 0.4) is 0 Å². The van der Waals surface area contributed by atoms with Gasteiger partial charge in [0.05, 0.1) is 17.1 Å². The van der Waals surface area contributed by atoms with E-state index < -0.39 is 4.92 Å². The van der Waals surface area contributed by atoms with Crippen LogP contribution < -0.4 is 4.74 Å². The lowest BCUT2D eigenvalue weighted by atomic mass is 10.1. The van der Waals surface area contributed by atoms with Crippen molar-refractivity contribution in [1.29, 1.82) is 0 Å². The Labute approximate surface area is 176 Å². The molecule has 7 nitrogen and oxygen atoms in total. The smallest absolute Gasteiger partial charge is 0.280 e. The van der Waals surface area contributed by atoms with Crippen LogP contribution >= 0.6 is 0 Å². The number of nitro groups is 1. The van der Waals surface area contributed by atoms with Gasteiger partial charge in [0.15, 0.2) is 6.29 Å². The van der Waals surface area contributed by atoms with E-state index >= 15 is 0 Å². The summed E-state index contributed by atoms with van der Waals surface area (Å²) < 4.78 is 5.58. The van der Waals surface area contributed by atoms with Gasteiger partial charge < -0.3 is 9.64 Å². The number of unbranched alkanes of at least 4 members (excludes halogenated alkanes) is 2. The van der Waals surface area contributed by atoms with Gasteiger partial charge in [-0.15, -0.1) is 0 Å². The summed E-state index contributed by atoms with van der Waals surface area (Å²) in [5.74, 6) is 0.454. The second-order valence-corrected chi connectivity index (χ2v) is 7.06. The summed E-state index contributed by atoms with van der Waals surface area (Å²) in [4.78, 5) is 35.9. The molecule has 0 N–H and O–H groups in total. The van der Waals surface area contributed by atoms with E-state index in [1.807, 2.05) is 35.2 Å². The summed E-state index contributed by atoms with van der Waals surface area (Å²) >= 11 is 0. The molecule has 7 heteroatoms. The average molecular weight is 412 g/mol. The van der Waals surface area contributed by atoms with Crippen molar-refractivity contribution in [2.24, 2.45) is 0 Å². The Bertz CT molecular complexity index is 839. The van der Waals surface area contributed by atoms with Crippen molar-refractivity contribution in [3.63, 3.8) is 0 Å². The highest BCUT2D eigenvalue weighted by Crippen LogP contribution is 2.22. The van der Waals surface area contributed by atoms with Gasteiger partial charge in [0.1, 0.15) is 5.75 Å². The van der Waals surface area contributed by atoms with Crippen molar-refractivity contribution >= 4 is 17.9 Å². The number of carbonyl (C=O) groups is 2. The van der Waals surface area contributed by atoms with E-state index in [0.717, 1.165) is 31.4 Å². The fourth-order valence-electron chi connectivity index (χ4n) is 3.10. The maximum Gasteiger partial charge on any atom is 0.280 e. The first-order valence-corrected chi connectivity index (χ1v) is 10.2. The summed E-state index contributed by atoms with van der Waals surface area (Å²) in [6.45, 7) is 3.74. The summed E-state index contributed by atoms with van der Waals surface area (Å²) in [6.07, 6.45) is 4.47. The minimum Gasteiger partial charge on any atom is -0.494 e. The minimum absolute atomic E-state index is 0.0291. The number of benzene rings is 2. The number of amides is 1. The first kappa shape index (κ1) is 23.1. The second-order valence-electron chi connectivity index (χ2n) is 7.06. The van der Waals surface area contributed by atoms with Crippen molar-refractivity contribution in [1.82, 2.24) is 4.90 Å². The van der Waals surface area contributed by atoms with Crippen LogP contribution in [0.5, 0.6) is 5.75 Å². The molecule has 0 saturated heterocycles. The molecule has 30 heavy (non-hydrogen) atoms. The average Bonchev–Trinajstić information content (AvgIpc) is 2.76. The van der Waals surface area contributed by atoms with Crippen molar-refractivity contribution in [2.45, 2.75) is 45.6 Å². The first-order valence-electron chi connectivity index (χ1n) is 10.2. The molecular weight excluding hydrogens is 384 g/mol. The summed E-state index contributed by atoms with van der Waals surface area (Å²) in [7, 11) is 0. The molecule has 0 aliphatic heterocycles. The van der Waals surface area contributed by atoms with E-state index in [2.05, 4.69) is 6.92 Å². The number of rotatable bonds is 13. The van der Waals surface area contributed by atoms with Crippen LogP contribution in [0.4, 0.5) is 5.69 Å². The molecule has 0 atom stereocenters. The highest BCUT2D eigenvalue weighted by molar-refractivity contribution is 5.82. The molecule has 1 amide bonds. The third kappa shape index (κ3) is 7.31. The van der Waals surface area contributed by atoms with Gasteiger partial charge in [-0.1, -0.05) is 50.1 Å². The van der Waals surface area contributed by atoms with Crippen molar-refractivity contribution in [2.75, 3.05) is 13.2 Å². The van der Waals surface area contributed by atoms with Gasteiger partial charge in [0, 0.05) is 25.6 Å². The molecule has 0 aliphatic rings. The van der Waals surface area contributed by atoms with Gasteiger partial charge in [-0.3, -0.25) is 19.7 Å². The number of nitro benzene ring substituents is 1. The van der Waals surface area contributed by atoms with Crippen LogP contribution in [0.15, 0.2) is 48.5 Å². The lowest BCUT2D eigenvalue weighted by Crippen LogP contribution is -2.31. The molecule has 0 radical (unpaired) electrons. The maximum atomic E-state index is 12.7. The lowest BCUT2D eigenvalue weighted by Gasteiger charge is -2.23. The number of aldehydes is 1. The molecule has 2 aromatic carbocycles. The largest absolute Gasteiger partial charge is 0.494 e. The number of carbonyl (C=O) groups excluding carboxylic acids is 2. The van der Waals surface area contributed by atoms with Crippen molar-refractivity contribution in [3.05, 3.63) is 69.8 Å². The monoisotopic (exact) mass is 412 g/mol. The Morgan fingerprint density at radius 2 is 1.90 bits per heavy atom. The molecular formula is C23H28N2O5. The fourth-order valence-corrected chi connectivity index (χ4v) is 3.10. The Kier molecular flexibility index (Phi) is 9.51. The van der Waals surface area contributed by atoms with Gasteiger partial charge in [-0.25, -0.2) is 0 Å². The molecule has 0 heterocycles. The van der Waals surface area contributed by atoms with Crippen LogP contribution in [0.25, 0.3) is 0 Å². The molecule has 2 rings (SSSR count). The standard InChI is InChI=1S/C23H28N2O5/c1-2-3-7-14-24(17-19-9-5-4-6-10-19)23(27)11-8-15-30-21-12-13-22(25(28)29)20(16-21)18-26/h4-6,9-10,12-13,16,18H,2-3,7-8,11,14-15,17H2,1H3. The predicted octanol–water partition coefficient (Wildman–Crippen LogP) is 4.79. The SMILES string of the molecule is CCCCCN(Cc1ccccc1)C(=O)CCCOc1ccc([N+](=O)[O-])c(C=O)c1. The third-order valence-electron chi connectivity index (χ3n) is 4.73. The van der Waals surface area contributed by atoms with E-state index in [9.17, 15) is 19.7 Å². The topological polar surface area (TPSA) is 89.8 Å². The zero-order chi connectivity index (χ0) is 21.8. The highest BCUT2D eigenvalue weighted by Gasteiger charge is 2.15. The molecule has 0 fully saturated rings. The quantitative estimate of drug-likeness (QED) is 0.204. The highest BCUT2D eigenvalue weighted by atomic mass is 16.6. The van der Waals surface area contributed by atoms with Crippen LogP contribution in [-0.4, -0.2) is 35.2 Å². The molecule has 160 valence electrons. The van der Waals surface area contributed by atoms with Gasteiger partial charge in [-0.05, 0) is 30.5 Å². The van der Waals surface area contributed by atoms with Gasteiger partial charge in [0.25, 0.3) is 5.69 Å². The zero-order valence-electron chi connectivity index (χ0n) is 17.3. The van der Waals surface area contributed by atoms with E-state index in [1.54, 1.807) is 0 Å². The van der Waals surface area contributed by atoms with Crippen LogP contribution in [-0.2, 0) is 11.3 Å². The Morgan fingerprint density at radius 3 is 2.57 bits per heavy atom. The number of hydrogen-bond donors (Lipinski definition) is 0. The predicted molar refractivity (Wildman–Crippen MR) is 115 cm³/mol. The molecule has 0 unspecified atom stereocenters. The van der Waals surface area contributed by atoms with Crippen molar-refractivity contribution < 1.29 is 19.2 Å². The number of hydrogen-bond acceptors (Lipinski definition) is 5. The van der Waals surface area contributed by atoms with Gasteiger partial charge in [0.2, 0.25) is 5.91 Å². The summed E-state index contributed by atoms with van der Waals surface area (Å²) in [5, 5.41) is 10.9. The maximum absolute atomic E-state index is 12.7.